The second-order valence-electron chi connectivity index (χ2n) is 5.33. The van der Waals surface area contributed by atoms with Gasteiger partial charge in [0.15, 0.2) is 0 Å². The van der Waals surface area contributed by atoms with Crippen molar-refractivity contribution in [3.05, 3.63) is 55.1 Å². The number of rotatable bonds is 5. The summed E-state index contributed by atoms with van der Waals surface area (Å²) < 4.78 is 11.8. The summed E-state index contributed by atoms with van der Waals surface area (Å²) in [5.74, 6) is 0.928. The lowest BCUT2D eigenvalue weighted by molar-refractivity contribution is -0.0444. The predicted molar refractivity (Wildman–Crippen MR) is 85.8 cm³/mol. The lowest BCUT2D eigenvalue weighted by Gasteiger charge is -2.32. The van der Waals surface area contributed by atoms with Crippen LogP contribution in [0.3, 0.4) is 0 Å². The molecule has 110 valence electrons. The first kappa shape index (κ1) is 14.1. The van der Waals surface area contributed by atoms with Crippen molar-refractivity contribution in [2.45, 2.75) is 6.10 Å². The fourth-order valence-corrected chi connectivity index (χ4v) is 2.73. The highest BCUT2D eigenvalue weighted by Crippen LogP contribution is 2.25. The summed E-state index contributed by atoms with van der Waals surface area (Å²) in [5, 5.41) is 2.35. The fourth-order valence-electron chi connectivity index (χ4n) is 2.73. The molecule has 3 rings (SSSR count). The van der Waals surface area contributed by atoms with Crippen LogP contribution in [0.25, 0.3) is 10.8 Å². The molecule has 21 heavy (non-hydrogen) atoms. The molecule has 0 bridgehead atoms. The zero-order chi connectivity index (χ0) is 14.5. The average molecular weight is 283 g/mol. The summed E-state index contributed by atoms with van der Waals surface area (Å²) in [4.78, 5) is 2.34. The van der Waals surface area contributed by atoms with E-state index in [1.807, 2.05) is 30.3 Å². The van der Waals surface area contributed by atoms with Crippen molar-refractivity contribution in [1.29, 1.82) is 0 Å². The molecule has 3 heteroatoms. The van der Waals surface area contributed by atoms with Gasteiger partial charge >= 0.3 is 0 Å². The predicted octanol–water partition coefficient (Wildman–Crippen LogP) is 3.11. The molecule has 1 aliphatic rings. The van der Waals surface area contributed by atoms with Gasteiger partial charge in [-0.2, -0.15) is 0 Å². The highest BCUT2D eigenvalue weighted by molar-refractivity contribution is 5.88. The summed E-state index contributed by atoms with van der Waals surface area (Å²) >= 11 is 0. The van der Waals surface area contributed by atoms with Crippen molar-refractivity contribution in [3.8, 4) is 5.75 Å². The third kappa shape index (κ3) is 3.43. The summed E-state index contributed by atoms with van der Waals surface area (Å²) in [6, 6.07) is 14.4. The Bertz CT molecular complexity index is 606. The first-order chi connectivity index (χ1) is 10.4. The van der Waals surface area contributed by atoms with E-state index in [9.17, 15) is 0 Å². The molecule has 0 spiro atoms. The molecule has 1 heterocycles. The Balaban J connectivity index is 1.65. The molecular weight excluding hydrogens is 262 g/mol. The first-order valence-electron chi connectivity index (χ1n) is 7.42. The van der Waals surface area contributed by atoms with Gasteiger partial charge in [0.25, 0.3) is 0 Å². The van der Waals surface area contributed by atoms with Gasteiger partial charge in [-0.1, -0.05) is 42.5 Å². The molecule has 2 aromatic rings. The maximum atomic E-state index is 6.01. The van der Waals surface area contributed by atoms with Crippen LogP contribution >= 0.6 is 0 Å². The van der Waals surface area contributed by atoms with E-state index >= 15 is 0 Å². The number of benzene rings is 2. The van der Waals surface area contributed by atoms with Crippen LogP contribution in [0.2, 0.25) is 0 Å². The van der Waals surface area contributed by atoms with Crippen molar-refractivity contribution < 1.29 is 9.47 Å². The smallest absolute Gasteiger partial charge is 0.127 e. The minimum absolute atomic E-state index is 0.123. The van der Waals surface area contributed by atoms with Crippen LogP contribution in [0, 0.1) is 0 Å². The van der Waals surface area contributed by atoms with Crippen LogP contribution < -0.4 is 4.74 Å². The Morgan fingerprint density at radius 1 is 1.24 bits per heavy atom. The van der Waals surface area contributed by atoms with Crippen LogP contribution in [0.4, 0.5) is 0 Å². The average Bonchev–Trinajstić information content (AvgIpc) is 2.53. The largest absolute Gasteiger partial charge is 0.490 e. The number of morpholine rings is 1. The van der Waals surface area contributed by atoms with Gasteiger partial charge in [-0.25, -0.2) is 0 Å². The minimum atomic E-state index is 0.123. The Morgan fingerprint density at radius 2 is 2.10 bits per heavy atom. The molecule has 3 nitrogen and oxygen atoms in total. The first-order valence-corrected chi connectivity index (χ1v) is 7.42. The van der Waals surface area contributed by atoms with Crippen LogP contribution in [0.15, 0.2) is 55.1 Å². The van der Waals surface area contributed by atoms with Crippen molar-refractivity contribution in [2.75, 3.05) is 32.8 Å². The number of nitrogens with zero attached hydrogens (tertiary/aromatic N) is 1. The standard InChI is InChI=1S/C18H21NO2/c1-2-10-19-11-12-20-16(13-19)14-21-18-9-5-7-15-6-3-4-8-17(15)18/h2-9,16H,1,10-14H2. The van der Waals surface area contributed by atoms with E-state index in [0.29, 0.717) is 6.61 Å². The number of hydrogen-bond donors (Lipinski definition) is 0. The highest BCUT2D eigenvalue weighted by Gasteiger charge is 2.20. The fraction of sp³-hybridized carbons (Fsp3) is 0.333. The van der Waals surface area contributed by atoms with Crippen molar-refractivity contribution in [3.63, 3.8) is 0 Å². The summed E-state index contributed by atoms with van der Waals surface area (Å²) in [6.45, 7) is 7.92. The number of fused-ring (bicyclic) bond motifs is 1. The number of hydrogen-bond acceptors (Lipinski definition) is 3. The molecule has 0 N–H and O–H groups in total. The zero-order valence-corrected chi connectivity index (χ0v) is 12.2. The van der Waals surface area contributed by atoms with E-state index < -0.39 is 0 Å². The Labute approximate surface area is 125 Å². The van der Waals surface area contributed by atoms with E-state index in [4.69, 9.17) is 9.47 Å². The second kappa shape index (κ2) is 6.74. The van der Waals surface area contributed by atoms with Gasteiger partial charge in [-0.3, -0.25) is 4.90 Å². The zero-order valence-electron chi connectivity index (χ0n) is 12.2. The summed E-state index contributed by atoms with van der Waals surface area (Å²) in [6.07, 6.45) is 2.06. The van der Waals surface area contributed by atoms with Crippen LogP contribution in [-0.4, -0.2) is 43.9 Å². The van der Waals surface area contributed by atoms with Crippen LogP contribution in [-0.2, 0) is 4.74 Å². The maximum absolute atomic E-state index is 6.01. The Hall–Kier alpha value is -1.84. The SMILES string of the molecule is C=CCN1CCOC(COc2cccc3ccccc23)C1. The molecule has 1 atom stereocenters. The molecule has 2 aromatic carbocycles. The lowest BCUT2D eigenvalue weighted by atomic mass is 10.1. The molecule has 0 amide bonds. The molecular formula is C18H21NO2. The quantitative estimate of drug-likeness (QED) is 0.787. The lowest BCUT2D eigenvalue weighted by Crippen LogP contribution is -2.44. The summed E-state index contributed by atoms with van der Waals surface area (Å²) in [7, 11) is 0. The van der Waals surface area contributed by atoms with E-state index in [0.717, 1.165) is 37.4 Å². The summed E-state index contributed by atoms with van der Waals surface area (Å²) in [5.41, 5.74) is 0. The Morgan fingerprint density at radius 3 is 3.00 bits per heavy atom. The van der Waals surface area contributed by atoms with Gasteiger partial charge in [0.05, 0.1) is 6.61 Å². The normalized spacial score (nSPS) is 19.5. The maximum Gasteiger partial charge on any atom is 0.127 e. The highest BCUT2D eigenvalue weighted by atomic mass is 16.5. The molecule has 1 unspecified atom stereocenters. The van der Waals surface area contributed by atoms with Gasteiger partial charge < -0.3 is 9.47 Å². The van der Waals surface area contributed by atoms with E-state index in [1.165, 1.54) is 5.39 Å². The van der Waals surface area contributed by atoms with E-state index in [2.05, 4.69) is 29.7 Å². The Kier molecular flexibility index (Phi) is 4.53. The molecule has 1 saturated heterocycles. The van der Waals surface area contributed by atoms with Gasteiger partial charge in [0, 0.05) is 25.0 Å². The van der Waals surface area contributed by atoms with Gasteiger partial charge in [0.2, 0.25) is 0 Å². The van der Waals surface area contributed by atoms with Crippen LogP contribution in [0.1, 0.15) is 0 Å². The van der Waals surface area contributed by atoms with Crippen molar-refractivity contribution >= 4 is 10.8 Å². The molecule has 0 radical (unpaired) electrons. The second-order valence-corrected chi connectivity index (χ2v) is 5.33. The molecule has 1 fully saturated rings. The van der Waals surface area contributed by atoms with Crippen LogP contribution in [0.5, 0.6) is 5.75 Å². The van der Waals surface area contributed by atoms with Crippen molar-refractivity contribution in [2.24, 2.45) is 0 Å². The van der Waals surface area contributed by atoms with Gasteiger partial charge in [-0.15, -0.1) is 6.58 Å². The molecule has 0 aromatic heterocycles. The monoisotopic (exact) mass is 283 g/mol. The third-order valence-electron chi connectivity index (χ3n) is 3.78. The number of ether oxygens (including phenoxy) is 2. The van der Waals surface area contributed by atoms with E-state index in [1.54, 1.807) is 0 Å². The van der Waals surface area contributed by atoms with E-state index in [-0.39, 0.29) is 6.10 Å². The topological polar surface area (TPSA) is 21.7 Å². The van der Waals surface area contributed by atoms with Gasteiger partial charge in [0.1, 0.15) is 18.5 Å². The molecule has 0 saturated carbocycles. The molecule has 0 aliphatic carbocycles. The third-order valence-corrected chi connectivity index (χ3v) is 3.78. The molecule has 1 aliphatic heterocycles. The van der Waals surface area contributed by atoms with Gasteiger partial charge in [-0.05, 0) is 11.5 Å². The minimum Gasteiger partial charge on any atom is -0.490 e. The van der Waals surface area contributed by atoms with Crippen molar-refractivity contribution in [1.82, 2.24) is 4.90 Å².